The number of aryl methyl sites for hydroxylation is 1. The van der Waals surface area contributed by atoms with Crippen LogP contribution < -0.4 is 0 Å². The Morgan fingerprint density at radius 2 is 2.11 bits per heavy atom. The molecule has 0 amide bonds. The summed E-state index contributed by atoms with van der Waals surface area (Å²) in [5.41, 5.74) is 1.28. The van der Waals surface area contributed by atoms with Crippen LogP contribution >= 0.6 is 11.6 Å². The molecule has 2 aromatic heterocycles. The van der Waals surface area contributed by atoms with E-state index in [0.717, 1.165) is 6.42 Å². The third-order valence-corrected chi connectivity index (χ3v) is 2.86. The number of carboxylic acids is 1. The van der Waals surface area contributed by atoms with E-state index in [4.69, 9.17) is 11.6 Å². The van der Waals surface area contributed by atoms with Gasteiger partial charge >= 0.3 is 5.97 Å². The first-order valence-electron chi connectivity index (χ1n) is 5.56. The predicted molar refractivity (Wildman–Crippen MR) is 67.3 cm³/mol. The molecule has 94 valence electrons. The van der Waals surface area contributed by atoms with Crippen molar-refractivity contribution < 1.29 is 9.90 Å². The van der Waals surface area contributed by atoms with Gasteiger partial charge in [-0.05, 0) is 18.6 Å². The van der Waals surface area contributed by atoms with Crippen molar-refractivity contribution in [3.8, 4) is 5.69 Å². The van der Waals surface area contributed by atoms with E-state index in [1.54, 1.807) is 24.5 Å². The van der Waals surface area contributed by atoms with Crippen molar-refractivity contribution >= 4 is 17.6 Å². The Morgan fingerprint density at radius 1 is 1.44 bits per heavy atom. The molecule has 0 aliphatic rings. The molecule has 0 fully saturated rings. The van der Waals surface area contributed by atoms with E-state index in [2.05, 4.69) is 10.1 Å². The summed E-state index contributed by atoms with van der Waals surface area (Å²) in [4.78, 5) is 15.1. The molecule has 2 rings (SSSR count). The number of carboxylic acid groups (broad SMARTS) is 1. The van der Waals surface area contributed by atoms with Gasteiger partial charge in [0.2, 0.25) is 0 Å². The fourth-order valence-electron chi connectivity index (χ4n) is 1.72. The summed E-state index contributed by atoms with van der Waals surface area (Å²) in [5.74, 6) is -1.05. The number of aromatic nitrogens is 3. The van der Waals surface area contributed by atoms with Crippen molar-refractivity contribution in [3.05, 3.63) is 40.9 Å². The normalized spacial score (nSPS) is 10.6. The van der Waals surface area contributed by atoms with Crippen LogP contribution in [0.3, 0.4) is 0 Å². The fraction of sp³-hybridized carbons (Fsp3) is 0.250. The largest absolute Gasteiger partial charge is 0.478 e. The van der Waals surface area contributed by atoms with Crippen molar-refractivity contribution in [1.29, 1.82) is 0 Å². The van der Waals surface area contributed by atoms with Crippen LogP contribution in [-0.4, -0.2) is 25.8 Å². The lowest BCUT2D eigenvalue weighted by molar-refractivity contribution is 0.0696. The molecule has 0 radical (unpaired) electrons. The molecule has 0 spiro atoms. The van der Waals surface area contributed by atoms with E-state index < -0.39 is 5.97 Å². The predicted octanol–water partition coefficient (Wildman–Crippen LogP) is 2.57. The van der Waals surface area contributed by atoms with Gasteiger partial charge in [-0.15, -0.1) is 0 Å². The number of pyridine rings is 1. The summed E-state index contributed by atoms with van der Waals surface area (Å²) in [6, 6.07) is 3.44. The highest BCUT2D eigenvalue weighted by Crippen LogP contribution is 2.24. The summed E-state index contributed by atoms with van der Waals surface area (Å²) >= 11 is 6.09. The lowest BCUT2D eigenvalue weighted by atomic mass is 10.2. The van der Waals surface area contributed by atoms with Crippen LogP contribution in [0.1, 0.15) is 29.4 Å². The van der Waals surface area contributed by atoms with E-state index in [0.29, 0.717) is 17.8 Å². The fourth-order valence-corrected chi connectivity index (χ4v) is 2.04. The van der Waals surface area contributed by atoms with Gasteiger partial charge in [0.15, 0.2) is 0 Å². The van der Waals surface area contributed by atoms with E-state index in [-0.39, 0.29) is 10.7 Å². The lowest BCUT2D eigenvalue weighted by Gasteiger charge is -2.01. The molecule has 0 saturated heterocycles. The van der Waals surface area contributed by atoms with Gasteiger partial charge in [0, 0.05) is 12.4 Å². The number of halogens is 1. The van der Waals surface area contributed by atoms with Gasteiger partial charge in [-0.2, -0.15) is 5.10 Å². The van der Waals surface area contributed by atoms with Gasteiger partial charge in [-0.3, -0.25) is 4.98 Å². The maximum absolute atomic E-state index is 11.2. The zero-order chi connectivity index (χ0) is 13.1. The Morgan fingerprint density at radius 3 is 2.67 bits per heavy atom. The first-order chi connectivity index (χ1) is 8.65. The van der Waals surface area contributed by atoms with Crippen molar-refractivity contribution in [2.24, 2.45) is 0 Å². The van der Waals surface area contributed by atoms with Crippen molar-refractivity contribution in [2.45, 2.75) is 19.8 Å². The van der Waals surface area contributed by atoms with E-state index in [9.17, 15) is 9.90 Å². The van der Waals surface area contributed by atoms with Crippen molar-refractivity contribution in [2.75, 3.05) is 0 Å². The van der Waals surface area contributed by atoms with Gasteiger partial charge < -0.3 is 5.11 Å². The Labute approximate surface area is 109 Å². The van der Waals surface area contributed by atoms with Crippen LogP contribution in [0.2, 0.25) is 5.15 Å². The number of nitrogens with zero attached hydrogens (tertiary/aromatic N) is 3. The Kier molecular flexibility index (Phi) is 3.62. The summed E-state index contributed by atoms with van der Waals surface area (Å²) in [5, 5.41) is 13.6. The molecule has 6 heteroatoms. The first kappa shape index (κ1) is 12.6. The minimum atomic E-state index is -1.05. The molecule has 0 aliphatic carbocycles. The highest BCUT2D eigenvalue weighted by Gasteiger charge is 2.22. The van der Waals surface area contributed by atoms with E-state index in [1.807, 2.05) is 6.92 Å². The number of hydrogen-bond donors (Lipinski definition) is 1. The standard InChI is InChI=1S/C12H12ClN3O2/c1-2-3-9-10(12(17)18)11(13)16(15-9)8-4-6-14-7-5-8/h4-7H,2-3H2,1H3,(H,17,18). The molecule has 0 atom stereocenters. The van der Waals surface area contributed by atoms with Crippen LogP contribution in [0.15, 0.2) is 24.5 Å². The first-order valence-corrected chi connectivity index (χ1v) is 5.94. The number of carbonyl (C=O) groups is 1. The molecule has 5 nitrogen and oxygen atoms in total. The summed E-state index contributed by atoms with van der Waals surface area (Å²) in [6.07, 6.45) is 4.60. The second-order valence-corrected chi connectivity index (χ2v) is 4.14. The van der Waals surface area contributed by atoms with Gasteiger partial charge in [0.25, 0.3) is 0 Å². The molecular weight excluding hydrogens is 254 g/mol. The summed E-state index contributed by atoms with van der Waals surface area (Å²) in [6.45, 7) is 1.96. The maximum Gasteiger partial charge on any atom is 0.340 e. The second kappa shape index (κ2) is 5.18. The van der Waals surface area contributed by atoms with Crippen LogP contribution in [0.25, 0.3) is 5.69 Å². The number of hydrogen-bond acceptors (Lipinski definition) is 3. The SMILES string of the molecule is CCCc1nn(-c2ccncc2)c(Cl)c1C(=O)O. The molecule has 1 N–H and O–H groups in total. The average Bonchev–Trinajstić information content (AvgIpc) is 2.68. The molecule has 0 bridgehead atoms. The van der Waals surface area contributed by atoms with Crippen LogP contribution in [0, 0.1) is 0 Å². The molecule has 0 aliphatic heterocycles. The smallest absolute Gasteiger partial charge is 0.340 e. The number of rotatable bonds is 4. The van der Waals surface area contributed by atoms with Gasteiger partial charge in [0.1, 0.15) is 10.7 Å². The molecule has 0 unspecified atom stereocenters. The molecule has 0 saturated carbocycles. The van der Waals surface area contributed by atoms with Gasteiger partial charge in [-0.25, -0.2) is 9.48 Å². The third kappa shape index (κ3) is 2.22. The van der Waals surface area contributed by atoms with Crippen molar-refractivity contribution in [3.63, 3.8) is 0 Å². The maximum atomic E-state index is 11.2. The molecular formula is C12H12ClN3O2. The van der Waals surface area contributed by atoms with Crippen LogP contribution in [0.5, 0.6) is 0 Å². The zero-order valence-corrected chi connectivity index (χ0v) is 10.6. The number of aromatic carboxylic acids is 1. The third-order valence-electron chi connectivity index (χ3n) is 2.51. The van der Waals surface area contributed by atoms with E-state index >= 15 is 0 Å². The Balaban J connectivity index is 2.57. The van der Waals surface area contributed by atoms with Crippen LogP contribution in [0.4, 0.5) is 0 Å². The minimum Gasteiger partial charge on any atom is -0.478 e. The second-order valence-electron chi connectivity index (χ2n) is 3.78. The van der Waals surface area contributed by atoms with Crippen molar-refractivity contribution in [1.82, 2.24) is 14.8 Å². The minimum absolute atomic E-state index is 0.0790. The zero-order valence-electron chi connectivity index (χ0n) is 9.80. The Bertz CT molecular complexity index is 566. The molecule has 18 heavy (non-hydrogen) atoms. The summed E-state index contributed by atoms with van der Waals surface area (Å²) < 4.78 is 1.43. The monoisotopic (exact) mass is 265 g/mol. The van der Waals surface area contributed by atoms with E-state index in [1.165, 1.54) is 4.68 Å². The van der Waals surface area contributed by atoms with Gasteiger partial charge in [0.05, 0.1) is 11.4 Å². The highest BCUT2D eigenvalue weighted by molar-refractivity contribution is 6.32. The highest BCUT2D eigenvalue weighted by atomic mass is 35.5. The van der Waals surface area contributed by atoms with Crippen LogP contribution in [-0.2, 0) is 6.42 Å². The Hall–Kier alpha value is -1.88. The average molecular weight is 266 g/mol. The quantitative estimate of drug-likeness (QED) is 0.922. The molecule has 2 heterocycles. The summed E-state index contributed by atoms with van der Waals surface area (Å²) in [7, 11) is 0. The topological polar surface area (TPSA) is 68.0 Å². The lowest BCUT2D eigenvalue weighted by Crippen LogP contribution is -2.00. The molecule has 2 aromatic rings. The molecule has 0 aromatic carbocycles. The van der Waals surface area contributed by atoms with Gasteiger partial charge in [-0.1, -0.05) is 24.9 Å².